The maximum absolute atomic E-state index is 9.44. The SMILES string of the molecule is CCCCC(CCC)NC(O)CC. The number of rotatable bonds is 8. The summed E-state index contributed by atoms with van der Waals surface area (Å²) in [4.78, 5) is 0. The van der Waals surface area contributed by atoms with Crippen LogP contribution in [0.3, 0.4) is 0 Å². The minimum absolute atomic E-state index is 0.312. The topological polar surface area (TPSA) is 32.3 Å². The van der Waals surface area contributed by atoms with Crippen LogP contribution in [0.4, 0.5) is 0 Å². The van der Waals surface area contributed by atoms with E-state index < -0.39 is 0 Å². The van der Waals surface area contributed by atoms with Gasteiger partial charge in [-0.2, -0.15) is 0 Å². The zero-order chi connectivity index (χ0) is 10.1. The van der Waals surface area contributed by atoms with E-state index in [-0.39, 0.29) is 6.23 Å². The van der Waals surface area contributed by atoms with Crippen molar-refractivity contribution in [2.75, 3.05) is 0 Å². The molecule has 80 valence electrons. The van der Waals surface area contributed by atoms with E-state index >= 15 is 0 Å². The van der Waals surface area contributed by atoms with Crippen molar-refractivity contribution in [3.05, 3.63) is 0 Å². The van der Waals surface area contributed by atoms with Crippen molar-refractivity contribution in [2.24, 2.45) is 0 Å². The van der Waals surface area contributed by atoms with Gasteiger partial charge in [-0.05, 0) is 19.3 Å². The number of hydrogen-bond acceptors (Lipinski definition) is 2. The summed E-state index contributed by atoms with van der Waals surface area (Å²) in [5.41, 5.74) is 0. The molecule has 0 aliphatic heterocycles. The van der Waals surface area contributed by atoms with E-state index in [9.17, 15) is 5.11 Å². The van der Waals surface area contributed by atoms with Crippen LogP contribution in [0.2, 0.25) is 0 Å². The van der Waals surface area contributed by atoms with Gasteiger partial charge in [-0.1, -0.05) is 40.0 Å². The van der Waals surface area contributed by atoms with Crippen LogP contribution in [0.25, 0.3) is 0 Å². The Bertz CT molecular complexity index is 106. The van der Waals surface area contributed by atoms with Gasteiger partial charge in [-0.3, -0.25) is 5.32 Å². The molecule has 0 spiro atoms. The second-order valence-corrected chi connectivity index (χ2v) is 3.72. The molecular formula is C11H25NO. The van der Waals surface area contributed by atoms with Crippen molar-refractivity contribution >= 4 is 0 Å². The standard InChI is InChI=1S/C11H25NO/c1-4-7-9-10(8-5-2)12-11(13)6-3/h10-13H,4-9H2,1-3H3. The molecule has 0 radical (unpaired) electrons. The average molecular weight is 187 g/mol. The number of unbranched alkanes of at least 4 members (excludes halogenated alkanes) is 1. The Labute approximate surface area is 82.7 Å². The minimum atomic E-state index is -0.312. The van der Waals surface area contributed by atoms with Gasteiger partial charge in [0.1, 0.15) is 6.23 Å². The fourth-order valence-electron chi connectivity index (χ4n) is 1.50. The largest absolute Gasteiger partial charge is 0.379 e. The van der Waals surface area contributed by atoms with Gasteiger partial charge in [0, 0.05) is 6.04 Å². The summed E-state index contributed by atoms with van der Waals surface area (Å²) < 4.78 is 0. The molecule has 0 aliphatic carbocycles. The lowest BCUT2D eigenvalue weighted by atomic mass is 10.0. The first-order chi connectivity index (χ1) is 6.24. The van der Waals surface area contributed by atoms with E-state index in [1.54, 1.807) is 0 Å². The number of nitrogens with one attached hydrogen (secondary N) is 1. The number of aliphatic hydroxyl groups is 1. The predicted molar refractivity (Wildman–Crippen MR) is 57.7 cm³/mol. The normalized spacial score (nSPS) is 15.7. The van der Waals surface area contributed by atoms with Gasteiger partial charge in [0.15, 0.2) is 0 Å². The highest BCUT2D eigenvalue weighted by Gasteiger charge is 2.09. The zero-order valence-electron chi connectivity index (χ0n) is 9.34. The minimum Gasteiger partial charge on any atom is -0.379 e. The Morgan fingerprint density at radius 2 is 1.77 bits per heavy atom. The molecule has 2 N–H and O–H groups in total. The fourth-order valence-corrected chi connectivity index (χ4v) is 1.50. The van der Waals surface area contributed by atoms with Crippen LogP contribution in [0.15, 0.2) is 0 Å². The van der Waals surface area contributed by atoms with Crippen LogP contribution in [-0.2, 0) is 0 Å². The summed E-state index contributed by atoms with van der Waals surface area (Å²) in [6, 6.07) is 0.514. The van der Waals surface area contributed by atoms with E-state index in [2.05, 4.69) is 19.2 Å². The maximum atomic E-state index is 9.44. The molecule has 0 bridgehead atoms. The lowest BCUT2D eigenvalue weighted by Gasteiger charge is -2.21. The molecule has 0 rings (SSSR count). The lowest BCUT2D eigenvalue weighted by Crippen LogP contribution is -2.37. The highest BCUT2D eigenvalue weighted by atomic mass is 16.3. The van der Waals surface area contributed by atoms with Crippen LogP contribution in [0.1, 0.15) is 59.3 Å². The Hall–Kier alpha value is -0.0800. The molecule has 0 amide bonds. The molecule has 0 aliphatic rings. The maximum Gasteiger partial charge on any atom is 0.104 e. The smallest absolute Gasteiger partial charge is 0.104 e. The molecule has 2 unspecified atom stereocenters. The van der Waals surface area contributed by atoms with Gasteiger partial charge in [0.2, 0.25) is 0 Å². The Kier molecular flexibility index (Phi) is 8.46. The molecule has 0 aromatic heterocycles. The second-order valence-electron chi connectivity index (χ2n) is 3.72. The van der Waals surface area contributed by atoms with Crippen molar-refractivity contribution in [3.63, 3.8) is 0 Å². The average Bonchev–Trinajstić information content (AvgIpc) is 2.14. The molecule has 0 aromatic carbocycles. The predicted octanol–water partition coefficient (Wildman–Crippen LogP) is 2.66. The third-order valence-electron chi connectivity index (χ3n) is 2.36. The summed E-state index contributed by atoms with van der Waals surface area (Å²) in [6.45, 7) is 6.40. The highest BCUT2D eigenvalue weighted by molar-refractivity contribution is 4.67. The van der Waals surface area contributed by atoms with E-state index in [0.29, 0.717) is 6.04 Å². The van der Waals surface area contributed by atoms with Gasteiger partial charge in [-0.15, -0.1) is 0 Å². The van der Waals surface area contributed by atoms with E-state index in [1.807, 2.05) is 6.92 Å². The summed E-state index contributed by atoms with van der Waals surface area (Å²) >= 11 is 0. The van der Waals surface area contributed by atoms with Crippen LogP contribution in [0, 0.1) is 0 Å². The Morgan fingerprint density at radius 3 is 2.23 bits per heavy atom. The number of aliphatic hydroxyl groups excluding tert-OH is 1. The summed E-state index contributed by atoms with van der Waals surface area (Å²) in [7, 11) is 0. The quantitative estimate of drug-likeness (QED) is 0.573. The van der Waals surface area contributed by atoms with Gasteiger partial charge in [-0.25, -0.2) is 0 Å². The molecule has 0 saturated carbocycles. The van der Waals surface area contributed by atoms with Crippen molar-refractivity contribution < 1.29 is 5.11 Å². The van der Waals surface area contributed by atoms with E-state index in [4.69, 9.17) is 0 Å². The molecular weight excluding hydrogens is 162 g/mol. The molecule has 2 heteroatoms. The summed E-state index contributed by atoms with van der Waals surface area (Å²) in [6.07, 6.45) is 6.55. The van der Waals surface area contributed by atoms with Crippen molar-refractivity contribution in [3.8, 4) is 0 Å². The first kappa shape index (κ1) is 12.9. The first-order valence-electron chi connectivity index (χ1n) is 5.68. The third kappa shape index (κ3) is 7.03. The summed E-state index contributed by atoms with van der Waals surface area (Å²) in [5.74, 6) is 0. The second kappa shape index (κ2) is 8.52. The number of hydrogen-bond donors (Lipinski definition) is 2. The van der Waals surface area contributed by atoms with Crippen molar-refractivity contribution in [1.29, 1.82) is 0 Å². The molecule has 13 heavy (non-hydrogen) atoms. The lowest BCUT2D eigenvalue weighted by molar-refractivity contribution is 0.113. The van der Waals surface area contributed by atoms with Gasteiger partial charge < -0.3 is 5.11 Å². The summed E-state index contributed by atoms with van der Waals surface area (Å²) in [5, 5.41) is 12.7. The molecule has 0 heterocycles. The van der Waals surface area contributed by atoms with Gasteiger partial charge >= 0.3 is 0 Å². The Balaban J connectivity index is 3.65. The van der Waals surface area contributed by atoms with Crippen molar-refractivity contribution in [1.82, 2.24) is 5.32 Å². The van der Waals surface area contributed by atoms with Crippen LogP contribution in [0.5, 0.6) is 0 Å². The molecule has 0 fully saturated rings. The first-order valence-corrected chi connectivity index (χ1v) is 5.68. The monoisotopic (exact) mass is 187 g/mol. The molecule has 0 saturated heterocycles. The molecule has 0 aromatic rings. The highest BCUT2D eigenvalue weighted by Crippen LogP contribution is 2.07. The van der Waals surface area contributed by atoms with Crippen LogP contribution < -0.4 is 5.32 Å². The fraction of sp³-hybridized carbons (Fsp3) is 1.00. The van der Waals surface area contributed by atoms with E-state index in [0.717, 1.165) is 6.42 Å². The zero-order valence-corrected chi connectivity index (χ0v) is 9.34. The Morgan fingerprint density at radius 1 is 1.08 bits per heavy atom. The van der Waals surface area contributed by atoms with Crippen LogP contribution >= 0.6 is 0 Å². The van der Waals surface area contributed by atoms with Gasteiger partial charge in [0.25, 0.3) is 0 Å². The third-order valence-corrected chi connectivity index (χ3v) is 2.36. The van der Waals surface area contributed by atoms with Gasteiger partial charge in [0.05, 0.1) is 0 Å². The molecule has 2 atom stereocenters. The van der Waals surface area contributed by atoms with E-state index in [1.165, 1.54) is 32.1 Å². The molecule has 2 nitrogen and oxygen atoms in total. The van der Waals surface area contributed by atoms with Crippen LogP contribution in [-0.4, -0.2) is 17.4 Å². The van der Waals surface area contributed by atoms with Crippen molar-refractivity contribution in [2.45, 2.75) is 71.6 Å².